The van der Waals surface area contributed by atoms with E-state index in [1.165, 1.54) is 0 Å². The Kier molecular flexibility index (Phi) is 5.06. The van der Waals surface area contributed by atoms with Crippen LogP contribution in [-0.2, 0) is 6.42 Å². The zero-order valence-electron chi connectivity index (χ0n) is 11.6. The topological polar surface area (TPSA) is 46.0 Å². The zero-order valence-corrected chi connectivity index (χ0v) is 11.6. The fourth-order valence-electron chi connectivity index (χ4n) is 1.89. The maximum atomic E-state index is 9.93. The van der Waals surface area contributed by atoms with Crippen LogP contribution in [0.25, 0.3) is 0 Å². The van der Waals surface area contributed by atoms with Crippen molar-refractivity contribution in [3.8, 4) is 0 Å². The van der Waals surface area contributed by atoms with Crippen molar-refractivity contribution in [3.63, 3.8) is 0 Å². The van der Waals surface area contributed by atoms with Crippen molar-refractivity contribution >= 4 is 0 Å². The van der Waals surface area contributed by atoms with Crippen molar-refractivity contribution in [1.29, 1.82) is 0 Å². The highest BCUT2D eigenvalue weighted by Crippen LogP contribution is 2.14. The fraction of sp³-hybridized carbons (Fsp3) is 0.714. The number of aliphatic hydroxyl groups is 1. The van der Waals surface area contributed by atoms with E-state index < -0.39 is 0 Å². The van der Waals surface area contributed by atoms with Gasteiger partial charge in [-0.25, -0.2) is 9.97 Å². The largest absolute Gasteiger partial charge is 0.393 e. The monoisotopic (exact) mass is 236 g/mol. The first-order chi connectivity index (χ1) is 7.88. The Hall–Kier alpha value is -0.960. The molecule has 0 fully saturated rings. The summed E-state index contributed by atoms with van der Waals surface area (Å²) in [4.78, 5) is 8.92. The fourth-order valence-corrected chi connectivity index (χ4v) is 1.89. The Bertz CT molecular complexity index is 361. The molecule has 0 aliphatic heterocycles. The highest BCUT2D eigenvalue weighted by atomic mass is 16.3. The van der Waals surface area contributed by atoms with Gasteiger partial charge < -0.3 is 5.11 Å². The molecule has 0 bridgehead atoms. The summed E-state index contributed by atoms with van der Waals surface area (Å²) >= 11 is 0. The highest BCUT2D eigenvalue weighted by molar-refractivity contribution is 5.12. The quantitative estimate of drug-likeness (QED) is 0.855. The average molecular weight is 236 g/mol. The van der Waals surface area contributed by atoms with Gasteiger partial charge in [0, 0.05) is 23.7 Å². The predicted octanol–water partition coefficient (Wildman–Crippen LogP) is 2.86. The number of aryl methyl sites for hydroxylation is 1. The molecule has 0 radical (unpaired) electrons. The van der Waals surface area contributed by atoms with Gasteiger partial charge in [0.1, 0.15) is 5.82 Å². The summed E-state index contributed by atoms with van der Waals surface area (Å²) in [6.45, 7) is 10.4. The molecule has 0 saturated heterocycles. The molecule has 1 heterocycles. The molecule has 3 nitrogen and oxygen atoms in total. The van der Waals surface area contributed by atoms with Gasteiger partial charge in [-0.3, -0.25) is 0 Å². The summed E-state index contributed by atoms with van der Waals surface area (Å²) in [5.41, 5.74) is 1.93. The molecular formula is C14H24N2O. The van der Waals surface area contributed by atoms with Crippen molar-refractivity contribution in [2.45, 2.75) is 59.5 Å². The van der Waals surface area contributed by atoms with E-state index in [1.807, 2.05) is 13.0 Å². The molecule has 1 unspecified atom stereocenters. The second kappa shape index (κ2) is 6.10. The van der Waals surface area contributed by atoms with Gasteiger partial charge in [0.15, 0.2) is 0 Å². The van der Waals surface area contributed by atoms with Crippen LogP contribution in [0, 0.1) is 12.8 Å². The minimum Gasteiger partial charge on any atom is -0.393 e. The van der Waals surface area contributed by atoms with Gasteiger partial charge in [-0.1, -0.05) is 27.7 Å². The van der Waals surface area contributed by atoms with E-state index in [1.54, 1.807) is 0 Å². The van der Waals surface area contributed by atoms with Crippen molar-refractivity contribution < 1.29 is 5.11 Å². The number of rotatable bonds is 5. The van der Waals surface area contributed by atoms with Crippen LogP contribution in [0.15, 0.2) is 6.07 Å². The van der Waals surface area contributed by atoms with Crippen molar-refractivity contribution in [2.75, 3.05) is 0 Å². The molecule has 96 valence electrons. The molecule has 1 atom stereocenters. The van der Waals surface area contributed by atoms with E-state index in [0.717, 1.165) is 23.6 Å². The van der Waals surface area contributed by atoms with E-state index in [-0.39, 0.29) is 6.10 Å². The molecule has 1 aromatic rings. The third-order valence-corrected chi connectivity index (χ3v) is 2.63. The van der Waals surface area contributed by atoms with Gasteiger partial charge >= 0.3 is 0 Å². The molecule has 0 aliphatic rings. The standard InChI is InChI=1S/C14H24N2O/c1-9(2)6-13(17)8-12-7-11(5)15-14(16-12)10(3)4/h7,9-10,13,17H,6,8H2,1-5H3. The lowest BCUT2D eigenvalue weighted by Gasteiger charge is -2.14. The summed E-state index contributed by atoms with van der Waals surface area (Å²) in [6, 6.07) is 1.97. The average Bonchev–Trinajstić information content (AvgIpc) is 2.14. The van der Waals surface area contributed by atoms with Crippen molar-refractivity contribution in [2.24, 2.45) is 5.92 Å². The Morgan fingerprint density at radius 2 is 1.82 bits per heavy atom. The van der Waals surface area contributed by atoms with E-state index in [4.69, 9.17) is 0 Å². The lowest BCUT2D eigenvalue weighted by Crippen LogP contribution is -2.15. The number of nitrogens with zero attached hydrogens (tertiary/aromatic N) is 2. The molecule has 1 rings (SSSR count). The predicted molar refractivity (Wildman–Crippen MR) is 70.0 cm³/mol. The van der Waals surface area contributed by atoms with Gasteiger partial charge in [0.05, 0.1) is 6.10 Å². The molecule has 1 N–H and O–H groups in total. The van der Waals surface area contributed by atoms with Crippen LogP contribution in [0.3, 0.4) is 0 Å². The Balaban J connectivity index is 2.77. The highest BCUT2D eigenvalue weighted by Gasteiger charge is 2.11. The molecule has 0 amide bonds. The number of aliphatic hydroxyl groups excluding tert-OH is 1. The third kappa shape index (κ3) is 4.82. The maximum absolute atomic E-state index is 9.93. The zero-order chi connectivity index (χ0) is 13.0. The third-order valence-electron chi connectivity index (χ3n) is 2.63. The van der Waals surface area contributed by atoms with Crippen LogP contribution in [0.5, 0.6) is 0 Å². The minimum absolute atomic E-state index is 0.302. The van der Waals surface area contributed by atoms with E-state index in [2.05, 4.69) is 37.7 Å². The molecule has 3 heteroatoms. The first-order valence-corrected chi connectivity index (χ1v) is 6.41. The second-order valence-electron chi connectivity index (χ2n) is 5.50. The van der Waals surface area contributed by atoms with Gasteiger partial charge in [0.25, 0.3) is 0 Å². The van der Waals surface area contributed by atoms with Gasteiger partial charge in [-0.2, -0.15) is 0 Å². The van der Waals surface area contributed by atoms with Crippen molar-refractivity contribution in [3.05, 3.63) is 23.3 Å². The molecule has 17 heavy (non-hydrogen) atoms. The Morgan fingerprint density at radius 3 is 2.35 bits per heavy atom. The van der Waals surface area contributed by atoms with Crippen LogP contribution in [0.4, 0.5) is 0 Å². The normalized spacial score (nSPS) is 13.4. The van der Waals surface area contributed by atoms with Crippen molar-refractivity contribution in [1.82, 2.24) is 9.97 Å². The summed E-state index contributed by atoms with van der Waals surface area (Å²) in [5, 5.41) is 9.93. The van der Waals surface area contributed by atoms with Crippen LogP contribution in [-0.4, -0.2) is 21.2 Å². The Morgan fingerprint density at radius 1 is 1.18 bits per heavy atom. The first-order valence-electron chi connectivity index (χ1n) is 6.41. The summed E-state index contributed by atoms with van der Waals surface area (Å²) in [5.74, 6) is 1.71. The van der Waals surface area contributed by atoms with Crippen LogP contribution >= 0.6 is 0 Å². The van der Waals surface area contributed by atoms with Crippen LogP contribution < -0.4 is 0 Å². The smallest absolute Gasteiger partial charge is 0.131 e. The van der Waals surface area contributed by atoms with E-state index >= 15 is 0 Å². The van der Waals surface area contributed by atoms with Crippen LogP contribution in [0.1, 0.15) is 57.2 Å². The Labute approximate surface area is 104 Å². The number of hydrogen-bond donors (Lipinski definition) is 1. The summed E-state index contributed by atoms with van der Waals surface area (Å²) in [6.07, 6.45) is 1.14. The molecule has 0 spiro atoms. The van der Waals surface area contributed by atoms with Crippen LogP contribution in [0.2, 0.25) is 0 Å². The lowest BCUT2D eigenvalue weighted by molar-refractivity contribution is 0.148. The van der Waals surface area contributed by atoms with Gasteiger partial charge in [0.2, 0.25) is 0 Å². The lowest BCUT2D eigenvalue weighted by atomic mass is 10.0. The molecule has 0 saturated carbocycles. The first kappa shape index (κ1) is 14.1. The second-order valence-corrected chi connectivity index (χ2v) is 5.50. The number of aromatic nitrogens is 2. The maximum Gasteiger partial charge on any atom is 0.131 e. The molecule has 0 aromatic carbocycles. The molecular weight excluding hydrogens is 212 g/mol. The summed E-state index contributed by atoms with van der Waals surface area (Å²) in [7, 11) is 0. The van der Waals surface area contributed by atoms with E-state index in [9.17, 15) is 5.11 Å². The number of hydrogen-bond acceptors (Lipinski definition) is 3. The van der Waals surface area contributed by atoms with E-state index in [0.29, 0.717) is 18.3 Å². The molecule has 0 aliphatic carbocycles. The summed E-state index contributed by atoms with van der Waals surface area (Å²) < 4.78 is 0. The van der Waals surface area contributed by atoms with Gasteiger partial charge in [-0.15, -0.1) is 0 Å². The minimum atomic E-state index is -0.302. The molecule has 1 aromatic heterocycles. The SMILES string of the molecule is Cc1cc(CC(O)CC(C)C)nc(C(C)C)n1. The van der Waals surface area contributed by atoms with Gasteiger partial charge in [-0.05, 0) is 25.3 Å².